The maximum Gasteiger partial charge on any atom is 0.340 e. The summed E-state index contributed by atoms with van der Waals surface area (Å²) in [6.07, 6.45) is 0. The number of hydrogen-bond donors (Lipinski definition) is 1. The highest BCUT2D eigenvalue weighted by Gasteiger charge is 2.17. The van der Waals surface area contributed by atoms with E-state index in [1.54, 1.807) is 32.4 Å². The molecule has 0 radical (unpaired) electrons. The van der Waals surface area contributed by atoms with E-state index < -0.39 is 5.97 Å². The summed E-state index contributed by atoms with van der Waals surface area (Å²) in [5.41, 5.74) is 2.70. The van der Waals surface area contributed by atoms with E-state index >= 15 is 0 Å². The molecular formula is C24H24N2O4. The molecule has 0 aliphatic carbocycles. The number of carbonyl (C=O) groups is 2. The van der Waals surface area contributed by atoms with Crippen LogP contribution in [0.2, 0.25) is 0 Å². The molecule has 0 aliphatic rings. The molecule has 0 saturated carbocycles. The predicted molar refractivity (Wildman–Crippen MR) is 116 cm³/mol. The number of para-hydroxylation sites is 3. The minimum Gasteiger partial charge on any atom is -0.496 e. The lowest BCUT2D eigenvalue weighted by Gasteiger charge is -2.19. The number of anilines is 2. The minimum absolute atomic E-state index is 0.303. The van der Waals surface area contributed by atoms with Gasteiger partial charge in [-0.2, -0.15) is 0 Å². The largest absolute Gasteiger partial charge is 0.496 e. The van der Waals surface area contributed by atoms with Gasteiger partial charge in [-0.15, -0.1) is 0 Å². The molecule has 0 aliphatic heterocycles. The van der Waals surface area contributed by atoms with Gasteiger partial charge in [-0.25, -0.2) is 4.79 Å². The van der Waals surface area contributed by atoms with Crippen LogP contribution in [0.25, 0.3) is 0 Å². The van der Waals surface area contributed by atoms with Gasteiger partial charge < -0.3 is 19.7 Å². The second-order valence-corrected chi connectivity index (χ2v) is 6.67. The number of ether oxygens (including phenoxy) is 2. The van der Waals surface area contributed by atoms with Crippen molar-refractivity contribution in [3.05, 3.63) is 90.0 Å². The Balaban J connectivity index is 1.61. The van der Waals surface area contributed by atoms with Gasteiger partial charge in [-0.3, -0.25) is 4.79 Å². The maximum absolute atomic E-state index is 12.6. The molecule has 3 aromatic carbocycles. The van der Waals surface area contributed by atoms with Gasteiger partial charge >= 0.3 is 5.97 Å². The smallest absolute Gasteiger partial charge is 0.340 e. The second kappa shape index (κ2) is 10.1. The van der Waals surface area contributed by atoms with Gasteiger partial charge in [0.05, 0.1) is 18.4 Å². The molecular weight excluding hydrogens is 380 g/mol. The Kier molecular flexibility index (Phi) is 7.05. The molecule has 0 saturated heterocycles. The summed E-state index contributed by atoms with van der Waals surface area (Å²) in [5.74, 6) is -0.161. The van der Waals surface area contributed by atoms with E-state index in [9.17, 15) is 9.59 Å². The average molecular weight is 404 g/mol. The molecule has 0 unspecified atom stereocenters. The third kappa shape index (κ3) is 5.38. The first-order valence-electron chi connectivity index (χ1n) is 9.52. The molecule has 0 fully saturated rings. The van der Waals surface area contributed by atoms with Gasteiger partial charge in [0.2, 0.25) is 0 Å². The van der Waals surface area contributed by atoms with Crippen LogP contribution < -0.4 is 10.1 Å². The van der Waals surface area contributed by atoms with Crippen LogP contribution in [0.15, 0.2) is 78.9 Å². The van der Waals surface area contributed by atoms with Crippen LogP contribution in [-0.2, 0) is 16.1 Å². The third-order valence-corrected chi connectivity index (χ3v) is 4.55. The molecule has 0 atom stereocenters. The highest BCUT2D eigenvalue weighted by molar-refractivity contribution is 5.97. The Hall–Kier alpha value is -3.80. The fourth-order valence-electron chi connectivity index (χ4n) is 2.94. The molecule has 30 heavy (non-hydrogen) atoms. The highest BCUT2D eigenvalue weighted by Crippen LogP contribution is 2.22. The molecule has 154 valence electrons. The first-order valence-corrected chi connectivity index (χ1v) is 9.52. The van der Waals surface area contributed by atoms with Crippen molar-refractivity contribution in [2.24, 2.45) is 0 Å². The summed E-state index contributed by atoms with van der Waals surface area (Å²) >= 11 is 0. The molecule has 0 spiro atoms. The summed E-state index contributed by atoms with van der Waals surface area (Å²) in [4.78, 5) is 26.5. The van der Waals surface area contributed by atoms with Gasteiger partial charge in [0, 0.05) is 24.8 Å². The van der Waals surface area contributed by atoms with Crippen LogP contribution >= 0.6 is 0 Å². The molecule has 3 rings (SSSR count). The van der Waals surface area contributed by atoms with Gasteiger partial charge in [0.15, 0.2) is 6.61 Å². The third-order valence-electron chi connectivity index (χ3n) is 4.55. The molecule has 1 N–H and O–H groups in total. The summed E-state index contributed by atoms with van der Waals surface area (Å²) < 4.78 is 10.6. The van der Waals surface area contributed by atoms with E-state index in [1.165, 1.54) is 4.90 Å². The standard InChI is InChI=1S/C24H24N2O4/c1-26(16-18-10-6-9-15-22(18)29-2)23(27)17-30-24(28)20-13-7-8-14-21(20)25-19-11-4-3-5-12-19/h3-15,25H,16-17H2,1-2H3. The zero-order valence-corrected chi connectivity index (χ0v) is 17.0. The topological polar surface area (TPSA) is 67.9 Å². The summed E-state index contributed by atoms with van der Waals surface area (Å²) in [6.45, 7) is 0.0106. The second-order valence-electron chi connectivity index (χ2n) is 6.67. The number of rotatable bonds is 8. The number of esters is 1. The molecule has 6 nitrogen and oxygen atoms in total. The quantitative estimate of drug-likeness (QED) is 0.569. The Bertz CT molecular complexity index is 1000. The van der Waals surface area contributed by atoms with Crippen molar-refractivity contribution in [2.45, 2.75) is 6.54 Å². The van der Waals surface area contributed by atoms with Crippen LogP contribution in [0, 0.1) is 0 Å². The van der Waals surface area contributed by atoms with Crippen molar-refractivity contribution in [3.63, 3.8) is 0 Å². The Morgan fingerprint density at radius 3 is 2.33 bits per heavy atom. The molecule has 3 aromatic rings. The lowest BCUT2D eigenvalue weighted by molar-refractivity contribution is -0.133. The maximum atomic E-state index is 12.6. The first kappa shape index (κ1) is 20.9. The van der Waals surface area contributed by atoms with Gasteiger partial charge in [-0.05, 0) is 30.3 Å². The zero-order chi connectivity index (χ0) is 21.3. The number of carbonyl (C=O) groups excluding carboxylic acids is 2. The van der Waals surface area contributed by atoms with Crippen LogP contribution in [-0.4, -0.2) is 37.5 Å². The van der Waals surface area contributed by atoms with E-state index in [2.05, 4.69) is 5.32 Å². The summed E-state index contributed by atoms with van der Waals surface area (Å²) in [5, 5.41) is 3.20. The lowest BCUT2D eigenvalue weighted by Crippen LogP contribution is -2.31. The number of amides is 1. The lowest BCUT2D eigenvalue weighted by atomic mass is 10.1. The molecule has 6 heteroatoms. The monoisotopic (exact) mass is 404 g/mol. The van der Waals surface area contributed by atoms with Crippen molar-refractivity contribution < 1.29 is 19.1 Å². The molecule has 0 heterocycles. The van der Waals surface area contributed by atoms with Gasteiger partial charge in [-0.1, -0.05) is 48.5 Å². The van der Waals surface area contributed by atoms with Crippen LogP contribution in [0.4, 0.5) is 11.4 Å². The molecule has 1 amide bonds. The van der Waals surface area contributed by atoms with Gasteiger partial charge in [0.1, 0.15) is 5.75 Å². The number of hydrogen-bond acceptors (Lipinski definition) is 5. The van der Waals surface area contributed by atoms with Crippen molar-refractivity contribution in [3.8, 4) is 5.75 Å². The van der Waals surface area contributed by atoms with Crippen molar-refractivity contribution in [1.82, 2.24) is 4.90 Å². The fourth-order valence-corrected chi connectivity index (χ4v) is 2.94. The molecule has 0 aromatic heterocycles. The fraction of sp³-hybridized carbons (Fsp3) is 0.167. The van der Waals surface area contributed by atoms with Crippen molar-refractivity contribution in [2.75, 3.05) is 26.1 Å². The van der Waals surface area contributed by atoms with E-state index in [4.69, 9.17) is 9.47 Å². The van der Waals surface area contributed by atoms with E-state index in [0.717, 1.165) is 11.3 Å². The highest BCUT2D eigenvalue weighted by atomic mass is 16.5. The number of benzene rings is 3. The van der Waals surface area contributed by atoms with Crippen molar-refractivity contribution >= 4 is 23.3 Å². The Morgan fingerprint density at radius 2 is 1.57 bits per heavy atom. The average Bonchev–Trinajstić information content (AvgIpc) is 2.78. The van der Waals surface area contributed by atoms with Crippen molar-refractivity contribution in [1.29, 1.82) is 0 Å². The zero-order valence-electron chi connectivity index (χ0n) is 17.0. The molecule has 0 bridgehead atoms. The van der Waals surface area contributed by atoms with E-state index in [0.29, 0.717) is 23.5 Å². The Labute approximate surface area is 176 Å². The predicted octanol–water partition coefficient (Wildman–Crippen LogP) is 4.25. The summed E-state index contributed by atoms with van der Waals surface area (Å²) in [6, 6.07) is 24.0. The summed E-state index contributed by atoms with van der Waals surface area (Å²) in [7, 11) is 3.25. The van der Waals surface area contributed by atoms with Gasteiger partial charge in [0.25, 0.3) is 5.91 Å². The number of likely N-dealkylation sites (N-methyl/N-ethyl adjacent to an activating group) is 1. The van der Waals surface area contributed by atoms with Crippen LogP contribution in [0.5, 0.6) is 5.75 Å². The normalized spacial score (nSPS) is 10.2. The van der Waals surface area contributed by atoms with Crippen LogP contribution in [0.1, 0.15) is 15.9 Å². The number of nitrogens with zero attached hydrogens (tertiary/aromatic N) is 1. The van der Waals surface area contributed by atoms with E-state index in [1.807, 2.05) is 60.7 Å². The first-order chi connectivity index (χ1) is 14.6. The Morgan fingerprint density at radius 1 is 0.900 bits per heavy atom. The van der Waals surface area contributed by atoms with Crippen LogP contribution in [0.3, 0.4) is 0 Å². The minimum atomic E-state index is -0.562. The number of nitrogens with one attached hydrogen (secondary N) is 1. The number of methoxy groups -OCH3 is 1. The SMILES string of the molecule is COc1ccccc1CN(C)C(=O)COC(=O)c1ccccc1Nc1ccccc1. The van der Waals surface area contributed by atoms with E-state index in [-0.39, 0.29) is 12.5 Å².